The van der Waals surface area contributed by atoms with Crippen LogP contribution in [0.5, 0.6) is 0 Å². The van der Waals surface area contributed by atoms with Crippen molar-refractivity contribution in [3.8, 4) is 0 Å². The maximum Gasteiger partial charge on any atom is 0.253 e. The van der Waals surface area contributed by atoms with Crippen LogP contribution >= 0.6 is 0 Å². The first-order valence-corrected chi connectivity index (χ1v) is 9.22. The van der Waals surface area contributed by atoms with Crippen LogP contribution in [0.25, 0.3) is 0 Å². The molecule has 0 bridgehead atoms. The highest BCUT2D eigenvalue weighted by atomic mass is 16.2. The van der Waals surface area contributed by atoms with Gasteiger partial charge in [0, 0.05) is 39.8 Å². The zero-order valence-electron chi connectivity index (χ0n) is 16.9. The van der Waals surface area contributed by atoms with Crippen LogP contribution in [0.3, 0.4) is 0 Å². The Balaban J connectivity index is 1.86. The van der Waals surface area contributed by atoms with Crippen molar-refractivity contribution in [3.63, 3.8) is 0 Å². The third kappa shape index (κ3) is 6.13. The molecule has 0 heterocycles. The third-order valence-corrected chi connectivity index (χ3v) is 4.48. The summed E-state index contributed by atoms with van der Waals surface area (Å²) in [5, 5.41) is 6.70. The van der Waals surface area contributed by atoms with Crippen molar-refractivity contribution >= 4 is 11.9 Å². The lowest BCUT2D eigenvalue weighted by Crippen LogP contribution is -2.38. The zero-order valence-corrected chi connectivity index (χ0v) is 16.9. The molecule has 0 spiro atoms. The molecule has 27 heavy (non-hydrogen) atoms. The van der Waals surface area contributed by atoms with Gasteiger partial charge in [-0.2, -0.15) is 0 Å². The second-order valence-electron chi connectivity index (χ2n) is 7.02. The molecule has 1 unspecified atom stereocenters. The Morgan fingerprint density at radius 3 is 2.41 bits per heavy atom. The van der Waals surface area contributed by atoms with E-state index in [4.69, 9.17) is 0 Å². The van der Waals surface area contributed by atoms with Gasteiger partial charge in [0.05, 0.1) is 0 Å². The summed E-state index contributed by atoms with van der Waals surface area (Å²) in [7, 11) is 5.28. The summed E-state index contributed by atoms with van der Waals surface area (Å²) >= 11 is 0. The number of aryl methyl sites for hydroxylation is 1. The smallest absolute Gasteiger partial charge is 0.253 e. The molecule has 0 aliphatic rings. The normalized spacial score (nSPS) is 12.4. The number of amides is 1. The predicted molar refractivity (Wildman–Crippen MR) is 112 cm³/mol. The summed E-state index contributed by atoms with van der Waals surface area (Å²) in [4.78, 5) is 17.8. The van der Waals surface area contributed by atoms with E-state index in [1.54, 1.807) is 26.0 Å². The lowest BCUT2D eigenvalue weighted by Gasteiger charge is -2.17. The van der Waals surface area contributed by atoms with E-state index in [1.165, 1.54) is 11.1 Å². The number of hydrogen-bond acceptors (Lipinski definition) is 2. The number of carbonyl (C=O) groups excluding carboxylic acids is 1. The molecule has 0 saturated heterocycles. The van der Waals surface area contributed by atoms with Gasteiger partial charge in [-0.15, -0.1) is 0 Å². The van der Waals surface area contributed by atoms with Crippen LogP contribution in [0, 0.1) is 6.92 Å². The topological polar surface area (TPSA) is 56.7 Å². The zero-order chi connectivity index (χ0) is 19.8. The molecule has 1 atom stereocenters. The Morgan fingerprint density at radius 2 is 1.81 bits per heavy atom. The minimum Gasteiger partial charge on any atom is -0.356 e. The summed E-state index contributed by atoms with van der Waals surface area (Å²) in [6, 6.07) is 16.2. The van der Waals surface area contributed by atoms with Gasteiger partial charge in [-0.25, -0.2) is 0 Å². The molecule has 144 valence electrons. The van der Waals surface area contributed by atoms with Gasteiger partial charge in [-0.05, 0) is 36.1 Å². The quantitative estimate of drug-likeness (QED) is 0.610. The molecule has 0 aliphatic carbocycles. The van der Waals surface area contributed by atoms with Crippen LogP contribution in [-0.4, -0.2) is 44.5 Å². The molecular weight excluding hydrogens is 336 g/mol. The highest BCUT2D eigenvalue weighted by molar-refractivity contribution is 5.93. The Labute approximate surface area is 162 Å². The summed E-state index contributed by atoms with van der Waals surface area (Å²) < 4.78 is 0. The molecule has 2 N–H and O–H groups in total. The molecule has 0 fully saturated rings. The van der Waals surface area contributed by atoms with Crippen LogP contribution in [0.4, 0.5) is 0 Å². The molecule has 5 nitrogen and oxygen atoms in total. The maximum absolute atomic E-state index is 11.9. The molecule has 2 aromatic rings. The third-order valence-electron chi connectivity index (χ3n) is 4.48. The fourth-order valence-corrected chi connectivity index (χ4v) is 2.77. The van der Waals surface area contributed by atoms with Gasteiger partial charge in [0.15, 0.2) is 5.96 Å². The maximum atomic E-state index is 11.9. The largest absolute Gasteiger partial charge is 0.356 e. The van der Waals surface area contributed by atoms with Crippen molar-refractivity contribution in [3.05, 3.63) is 70.8 Å². The molecule has 0 aromatic heterocycles. The first-order valence-electron chi connectivity index (χ1n) is 9.22. The first kappa shape index (κ1) is 20.5. The summed E-state index contributed by atoms with van der Waals surface area (Å²) in [6.07, 6.45) is 0. The van der Waals surface area contributed by atoms with Gasteiger partial charge >= 0.3 is 0 Å². The summed E-state index contributed by atoms with van der Waals surface area (Å²) in [5.41, 5.74) is 4.38. The van der Waals surface area contributed by atoms with Crippen molar-refractivity contribution < 1.29 is 4.79 Å². The summed E-state index contributed by atoms with van der Waals surface area (Å²) in [5.74, 6) is 1.17. The Morgan fingerprint density at radius 1 is 1.11 bits per heavy atom. The van der Waals surface area contributed by atoms with Crippen LogP contribution in [0.1, 0.15) is 39.9 Å². The Bertz CT molecular complexity index is 781. The Hall–Kier alpha value is -2.82. The van der Waals surface area contributed by atoms with E-state index in [-0.39, 0.29) is 5.91 Å². The van der Waals surface area contributed by atoms with Gasteiger partial charge in [-0.1, -0.05) is 48.9 Å². The molecule has 2 rings (SSSR count). The average molecular weight is 367 g/mol. The molecule has 0 radical (unpaired) electrons. The van der Waals surface area contributed by atoms with Crippen molar-refractivity contribution in [2.24, 2.45) is 4.99 Å². The van der Waals surface area contributed by atoms with E-state index in [9.17, 15) is 4.79 Å². The van der Waals surface area contributed by atoms with E-state index in [0.717, 1.165) is 18.1 Å². The van der Waals surface area contributed by atoms with Crippen LogP contribution < -0.4 is 10.6 Å². The molecular formula is C22H30N4O. The average Bonchev–Trinajstić information content (AvgIpc) is 2.67. The SMILES string of the molecule is CN=C(NCc1ccc(C(=O)N(C)C)cc1)NCC(C)c1cccc(C)c1. The van der Waals surface area contributed by atoms with Crippen molar-refractivity contribution in [1.29, 1.82) is 0 Å². The lowest BCUT2D eigenvalue weighted by molar-refractivity contribution is 0.0827. The number of rotatable bonds is 6. The van der Waals surface area contributed by atoms with Gasteiger partial charge in [0.25, 0.3) is 5.91 Å². The highest BCUT2D eigenvalue weighted by Gasteiger charge is 2.09. The number of nitrogens with one attached hydrogen (secondary N) is 2. The van der Waals surface area contributed by atoms with E-state index < -0.39 is 0 Å². The second kappa shape index (κ2) is 9.76. The highest BCUT2D eigenvalue weighted by Crippen LogP contribution is 2.15. The minimum atomic E-state index is 0.0112. The molecule has 1 amide bonds. The standard InChI is InChI=1S/C22H30N4O/c1-16-7-6-8-20(13-16)17(2)14-24-22(23-3)25-15-18-9-11-19(12-10-18)21(27)26(4)5/h6-13,17H,14-15H2,1-5H3,(H2,23,24,25). The van der Waals surface area contributed by atoms with Gasteiger partial charge in [0.1, 0.15) is 0 Å². The van der Waals surface area contributed by atoms with E-state index in [1.807, 2.05) is 24.3 Å². The van der Waals surface area contributed by atoms with E-state index >= 15 is 0 Å². The van der Waals surface area contributed by atoms with Gasteiger partial charge < -0.3 is 15.5 Å². The Kier molecular flexibility index (Phi) is 7.41. The molecule has 2 aromatic carbocycles. The predicted octanol–water partition coefficient (Wildman–Crippen LogP) is 3.17. The monoisotopic (exact) mass is 366 g/mol. The van der Waals surface area contributed by atoms with Gasteiger partial charge in [0.2, 0.25) is 0 Å². The van der Waals surface area contributed by atoms with Crippen LogP contribution in [0.15, 0.2) is 53.5 Å². The van der Waals surface area contributed by atoms with Gasteiger partial charge in [-0.3, -0.25) is 9.79 Å². The number of nitrogens with zero attached hydrogens (tertiary/aromatic N) is 2. The van der Waals surface area contributed by atoms with E-state index in [0.29, 0.717) is 18.0 Å². The van der Waals surface area contributed by atoms with E-state index in [2.05, 4.69) is 53.7 Å². The number of aliphatic imine (C=N–C) groups is 1. The number of carbonyl (C=O) groups is 1. The second-order valence-corrected chi connectivity index (χ2v) is 7.02. The number of hydrogen-bond donors (Lipinski definition) is 2. The molecule has 5 heteroatoms. The fourth-order valence-electron chi connectivity index (χ4n) is 2.77. The molecule has 0 aliphatic heterocycles. The first-order chi connectivity index (χ1) is 12.9. The summed E-state index contributed by atoms with van der Waals surface area (Å²) in [6.45, 7) is 5.77. The lowest BCUT2D eigenvalue weighted by atomic mass is 9.99. The minimum absolute atomic E-state index is 0.0112. The van der Waals surface area contributed by atoms with Crippen molar-refractivity contribution in [1.82, 2.24) is 15.5 Å². The van der Waals surface area contributed by atoms with Crippen molar-refractivity contribution in [2.45, 2.75) is 26.3 Å². The fraction of sp³-hybridized carbons (Fsp3) is 0.364. The van der Waals surface area contributed by atoms with Crippen LogP contribution in [0.2, 0.25) is 0 Å². The number of benzene rings is 2. The number of guanidine groups is 1. The van der Waals surface area contributed by atoms with Crippen molar-refractivity contribution in [2.75, 3.05) is 27.7 Å². The molecule has 0 saturated carbocycles. The van der Waals surface area contributed by atoms with Crippen LogP contribution in [-0.2, 0) is 6.54 Å².